The van der Waals surface area contributed by atoms with Crippen LogP contribution in [0.1, 0.15) is 112 Å². The fourth-order valence-electron chi connectivity index (χ4n) is 8.16. The molecule has 8 bridgehead atoms. The van der Waals surface area contributed by atoms with Crippen molar-refractivity contribution in [2.24, 2.45) is 26.8 Å². The third-order valence-electron chi connectivity index (χ3n) is 11.3. The molecule has 4 N–H and O–H groups in total. The van der Waals surface area contributed by atoms with E-state index in [2.05, 4.69) is 32.2 Å². The highest BCUT2D eigenvalue weighted by molar-refractivity contribution is 6.21. The quantitative estimate of drug-likeness (QED) is 0.101. The van der Waals surface area contributed by atoms with E-state index in [0.717, 1.165) is 130 Å². The maximum Gasteiger partial charge on any atom is 0.305 e. The van der Waals surface area contributed by atoms with Gasteiger partial charge in [0.1, 0.15) is 5.76 Å². The van der Waals surface area contributed by atoms with Crippen LogP contribution in [0.25, 0.3) is 0 Å². The van der Waals surface area contributed by atoms with E-state index in [0.29, 0.717) is 31.6 Å². The zero-order valence-electron chi connectivity index (χ0n) is 31.0. The van der Waals surface area contributed by atoms with Crippen LogP contribution in [0, 0.1) is 11.8 Å². The van der Waals surface area contributed by atoms with Crippen LogP contribution in [0.15, 0.2) is 106 Å². The summed E-state index contributed by atoms with van der Waals surface area (Å²) in [6.45, 7) is 11.0. The Hall–Kier alpha value is -4.08. The van der Waals surface area contributed by atoms with Gasteiger partial charge in [0.15, 0.2) is 0 Å². The summed E-state index contributed by atoms with van der Waals surface area (Å²) < 4.78 is 5.68. The predicted octanol–water partition coefficient (Wildman–Crippen LogP) is 8.09. The maximum absolute atomic E-state index is 13.0. The fourth-order valence-corrected chi connectivity index (χ4v) is 8.16. The molecule has 5 aliphatic heterocycles. The lowest BCUT2D eigenvalue weighted by atomic mass is 9.86. The summed E-state index contributed by atoms with van der Waals surface area (Å²) >= 11 is 0. The van der Waals surface area contributed by atoms with Gasteiger partial charge in [-0.25, -0.2) is 15.0 Å². The van der Waals surface area contributed by atoms with Gasteiger partial charge in [0, 0.05) is 59.4 Å². The number of nitrogens with zero attached hydrogens (tertiary/aromatic N) is 3. The molecule has 0 aromatic carbocycles. The van der Waals surface area contributed by atoms with E-state index in [1.165, 1.54) is 12.8 Å². The lowest BCUT2D eigenvalue weighted by Crippen LogP contribution is -2.16. The van der Waals surface area contributed by atoms with Crippen molar-refractivity contribution in [3.05, 3.63) is 91.5 Å². The molecule has 1 saturated heterocycles. The minimum absolute atomic E-state index is 0.0182. The third kappa shape index (κ3) is 7.47. The summed E-state index contributed by atoms with van der Waals surface area (Å²) in [5.41, 5.74) is 13.4. The van der Waals surface area contributed by atoms with Gasteiger partial charge in [-0.1, -0.05) is 52.4 Å². The van der Waals surface area contributed by atoms with Crippen molar-refractivity contribution in [3.8, 4) is 0 Å². The van der Waals surface area contributed by atoms with Crippen molar-refractivity contribution in [2.45, 2.75) is 112 Å². The van der Waals surface area contributed by atoms with Gasteiger partial charge in [-0.2, -0.15) is 0 Å². The highest BCUT2D eigenvalue weighted by atomic mass is 16.5. The number of allylic oxidation sites excluding steroid dienone is 11. The number of rotatable bonds is 15. The molecule has 6 aliphatic rings. The van der Waals surface area contributed by atoms with Gasteiger partial charge in [0.25, 0.3) is 0 Å². The second-order valence-electron chi connectivity index (χ2n) is 14.6. The van der Waals surface area contributed by atoms with E-state index in [1.54, 1.807) is 0 Å². The molecule has 0 aromatic rings. The molecule has 0 amide bonds. The van der Waals surface area contributed by atoms with Gasteiger partial charge in [0.05, 0.1) is 47.4 Å². The number of hydrogen-bond donors (Lipinski definition) is 4. The largest absolute Gasteiger partial charge is 0.511 e. The highest BCUT2D eigenvalue weighted by Gasteiger charge is 2.41. The Morgan fingerprint density at radius 2 is 1.51 bits per heavy atom. The van der Waals surface area contributed by atoms with Crippen LogP contribution in [0.4, 0.5) is 0 Å². The van der Waals surface area contributed by atoms with Crippen molar-refractivity contribution < 1.29 is 24.9 Å². The molecule has 51 heavy (non-hydrogen) atoms. The molecule has 5 heterocycles. The summed E-state index contributed by atoms with van der Waals surface area (Å²) in [4.78, 5) is 28.2. The Balaban J connectivity index is 1.26. The van der Waals surface area contributed by atoms with Crippen LogP contribution in [-0.2, 0) is 9.53 Å². The number of carbonyl (C=O) groups is 1. The number of carbonyl (C=O) groups excluding carboxylic acids is 1. The molecule has 6 rings (SSSR count). The number of hydrogen-bond acceptors (Lipinski definition) is 9. The molecular formula is C42H54N4O5. The number of aliphatic hydroxyl groups is 3. The highest BCUT2D eigenvalue weighted by Crippen LogP contribution is 2.46. The predicted molar refractivity (Wildman–Crippen MR) is 203 cm³/mol. The number of ether oxygens (including phenoxy) is 1. The van der Waals surface area contributed by atoms with Crippen molar-refractivity contribution in [2.75, 3.05) is 19.8 Å². The molecule has 0 radical (unpaired) electrons. The lowest BCUT2D eigenvalue weighted by Gasteiger charge is -2.17. The molecule has 2 atom stereocenters. The molecular weight excluding hydrogens is 640 g/mol. The molecule has 9 heteroatoms. The second-order valence-corrected chi connectivity index (χ2v) is 14.6. The first kappa shape index (κ1) is 36.7. The van der Waals surface area contributed by atoms with E-state index in [1.807, 2.05) is 26.0 Å². The molecule has 1 fully saturated rings. The van der Waals surface area contributed by atoms with Crippen molar-refractivity contribution in [1.29, 1.82) is 0 Å². The standard InChI is InChI=1S/C42H54N4O5/c1-6-28-24(2)33-21-37-31(23-48)26(4)32(44-37)20-34-25(3)29(15-16-39(50)51-18-14-12-10-8-7-9-11-13-17-47)41(45-34)30-19-38(49)40-27(5)35(46-42(30)40)22-36(28)43-33/h20-22,25,29,45,47-49H,6-19,23H2,1-5H3/t25-,29-/m0/s1. The summed E-state index contributed by atoms with van der Waals surface area (Å²) in [5, 5.41) is 34.4. The van der Waals surface area contributed by atoms with E-state index in [-0.39, 0.29) is 31.0 Å². The minimum atomic E-state index is -0.184. The van der Waals surface area contributed by atoms with Crippen LogP contribution in [0.3, 0.4) is 0 Å². The van der Waals surface area contributed by atoms with Crippen LogP contribution >= 0.6 is 0 Å². The normalized spacial score (nSPS) is 22.5. The van der Waals surface area contributed by atoms with Gasteiger partial charge in [0.2, 0.25) is 0 Å². The first-order valence-electron chi connectivity index (χ1n) is 19.0. The van der Waals surface area contributed by atoms with Gasteiger partial charge in [-0.3, -0.25) is 4.79 Å². The van der Waals surface area contributed by atoms with Gasteiger partial charge in [-0.15, -0.1) is 0 Å². The number of fused-ring (bicyclic) bond motifs is 5. The summed E-state index contributed by atoms with van der Waals surface area (Å²) in [7, 11) is 0. The average molecular weight is 695 g/mol. The van der Waals surface area contributed by atoms with Crippen LogP contribution in [0.2, 0.25) is 0 Å². The molecule has 272 valence electrons. The number of nitrogens with one attached hydrogen (secondary N) is 1. The Bertz CT molecular complexity index is 1820. The van der Waals surface area contributed by atoms with Gasteiger partial charge in [-0.05, 0) is 87.0 Å². The molecule has 0 saturated carbocycles. The van der Waals surface area contributed by atoms with Crippen molar-refractivity contribution in [3.63, 3.8) is 0 Å². The second kappa shape index (κ2) is 16.1. The molecule has 1 aliphatic carbocycles. The number of aliphatic hydroxyl groups excluding tert-OH is 3. The third-order valence-corrected chi connectivity index (χ3v) is 11.3. The first-order chi connectivity index (χ1) is 24.7. The topological polar surface area (TPSA) is 136 Å². The van der Waals surface area contributed by atoms with E-state index >= 15 is 0 Å². The van der Waals surface area contributed by atoms with Crippen LogP contribution in [0.5, 0.6) is 0 Å². The SMILES string of the molecule is CCC1=C(C)C2=NC1=CC1=C(C)C3=C(O)CC(=C4NC(=CC5=NC(=C2)C(CO)=C5C)[C@@H](C)[C@@H]4CCC(=O)OCCCCCCCCCCO)C3=N1. The Kier molecular flexibility index (Phi) is 11.6. The van der Waals surface area contributed by atoms with Crippen LogP contribution in [-0.4, -0.2) is 58.2 Å². The molecule has 0 spiro atoms. The first-order valence-corrected chi connectivity index (χ1v) is 19.0. The monoisotopic (exact) mass is 694 g/mol. The zero-order chi connectivity index (χ0) is 36.2. The Morgan fingerprint density at radius 1 is 0.863 bits per heavy atom. The van der Waals surface area contributed by atoms with Gasteiger partial charge < -0.3 is 25.4 Å². The average Bonchev–Trinajstić information content (AvgIpc) is 3.86. The lowest BCUT2D eigenvalue weighted by molar-refractivity contribution is -0.144. The minimum Gasteiger partial charge on any atom is -0.511 e. The Morgan fingerprint density at radius 3 is 2.20 bits per heavy atom. The number of aliphatic imine (C=N–C) groups is 3. The van der Waals surface area contributed by atoms with Crippen LogP contribution < -0.4 is 5.32 Å². The fraction of sp³-hybridized carbons (Fsp3) is 0.524. The molecule has 9 nitrogen and oxygen atoms in total. The maximum atomic E-state index is 13.0. The van der Waals surface area contributed by atoms with Crippen molar-refractivity contribution >= 4 is 23.1 Å². The summed E-state index contributed by atoms with van der Waals surface area (Å²) in [6, 6.07) is 0. The van der Waals surface area contributed by atoms with Crippen molar-refractivity contribution in [1.82, 2.24) is 5.32 Å². The Labute approximate surface area is 302 Å². The van der Waals surface area contributed by atoms with E-state index < -0.39 is 0 Å². The van der Waals surface area contributed by atoms with E-state index in [4.69, 9.17) is 24.8 Å². The number of unbranched alkanes of at least 4 members (excludes halogenated alkanes) is 7. The van der Waals surface area contributed by atoms with Gasteiger partial charge >= 0.3 is 5.97 Å². The summed E-state index contributed by atoms with van der Waals surface area (Å²) in [6.07, 6.45) is 16.7. The molecule has 0 unspecified atom stereocenters. The van der Waals surface area contributed by atoms with E-state index in [9.17, 15) is 15.0 Å². The number of esters is 1. The summed E-state index contributed by atoms with van der Waals surface area (Å²) in [5.74, 6) is 0.152. The smallest absolute Gasteiger partial charge is 0.305 e. The zero-order valence-corrected chi connectivity index (χ0v) is 31.0. The molecule has 0 aromatic heterocycles.